The summed E-state index contributed by atoms with van der Waals surface area (Å²) in [7, 11) is 1.42. The average molecular weight is 398 g/mol. The van der Waals surface area contributed by atoms with Crippen LogP contribution in [0.1, 0.15) is 28.5 Å². The number of hydrogen-bond donors (Lipinski definition) is 0. The van der Waals surface area contributed by atoms with Crippen molar-refractivity contribution < 1.29 is 9.53 Å². The molecule has 0 amide bonds. The maximum Gasteiger partial charge on any atom is 0.339 e. The predicted octanol–water partition coefficient (Wildman–Crippen LogP) is 5.56. The number of nitrogens with zero attached hydrogens (tertiary/aromatic N) is 1. The zero-order chi connectivity index (χ0) is 18.0. The topological polar surface area (TPSA) is 31.2 Å². The summed E-state index contributed by atoms with van der Waals surface area (Å²) in [5, 5.41) is 0. The first-order valence-electron chi connectivity index (χ1n) is 8.21. The van der Waals surface area contributed by atoms with E-state index in [9.17, 15) is 4.79 Å². The van der Waals surface area contributed by atoms with E-state index in [2.05, 4.69) is 39.6 Å². The molecule has 0 saturated carbocycles. The molecule has 0 spiro atoms. The van der Waals surface area contributed by atoms with Crippen molar-refractivity contribution in [3.63, 3.8) is 0 Å². The highest BCUT2D eigenvalue weighted by Crippen LogP contribution is 2.32. The van der Waals surface area contributed by atoms with Crippen LogP contribution in [-0.2, 0) is 11.2 Å². The number of carbonyl (C=O) groups excluding carboxylic acids is 1. The van der Waals surface area contributed by atoms with Crippen molar-refractivity contribution in [1.29, 1.82) is 0 Å². The highest BCUT2D eigenvalue weighted by molar-refractivity contribution is 9.10. The van der Waals surface area contributed by atoms with Crippen LogP contribution < -0.4 is 0 Å². The summed E-state index contributed by atoms with van der Waals surface area (Å²) >= 11 is 3.48. The number of hydrogen-bond acceptors (Lipinski definition) is 2. The highest BCUT2D eigenvalue weighted by Gasteiger charge is 2.21. The smallest absolute Gasteiger partial charge is 0.339 e. The number of benzene rings is 2. The van der Waals surface area contributed by atoms with Gasteiger partial charge in [0.1, 0.15) is 0 Å². The summed E-state index contributed by atoms with van der Waals surface area (Å²) in [4.78, 5) is 12.2. The van der Waals surface area contributed by atoms with E-state index in [0.717, 1.165) is 33.5 Å². The summed E-state index contributed by atoms with van der Waals surface area (Å²) in [6.07, 6.45) is 0.918. The van der Waals surface area contributed by atoms with Crippen molar-refractivity contribution in [2.75, 3.05) is 7.11 Å². The van der Waals surface area contributed by atoms with Crippen molar-refractivity contribution in [2.24, 2.45) is 0 Å². The van der Waals surface area contributed by atoms with E-state index in [4.69, 9.17) is 4.74 Å². The second-order valence-corrected chi connectivity index (χ2v) is 6.76. The van der Waals surface area contributed by atoms with Crippen molar-refractivity contribution in [2.45, 2.75) is 20.3 Å². The monoisotopic (exact) mass is 397 g/mol. The molecule has 2 aromatic carbocycles. The van der Waals surface area contributed by atoms with E-state index in [1.54, 1.807) is 0 Å². The normalized spacial score (nSPS) is 10.7. The fraction of sp³-hybridized carbons (Fsp3) is 0.190. The Morgan fingerprint density at radius 1 is 1.12 bits per heavy atom. The van der Waals surface area contributed by atoms with Crippen LogP contribution in [0.2, 0.25) is 0 Å². The van der Waals surface area contributed by atoms with Gasteiger partial charge in [0.05, 0.1) is 18.4 Å². The second-order valence-electron chi connectivity index (χ2n) is 5.84. The minimum absolute atomic E-state index is 0.316. The lowest BCUT2D eigenvalue weighted by Gasteiger charge is -2.16. The van der Waals surface area contributed by atoms with Crippen molar-refractivity contribution >= 4 is 21.9 Å². The van der Waals surface area contributed by atoms with Crippen molar-refractivity contribution in [3.05, 3.63) is 75.9 Å². The Bertz CT molecular complexity index is 910. The van der Waals surface area contributed by atoms with E-state index >= 15 is 0 Å². The zero-order valence-electron chi connectivity index (χ0n) is 14.5. The number of halogens is 1. The van der Waals surface area contributed by atoms with Crippen LogP contribution in [-0.4, -0.2) is 17.6 Å². The SMILES string of the molecule is CCc1ccccc1-n1c(-c2ccc(Br)cc2)cc(C(=O)OC)c1C. The van der Waals surface area contributed by atoms with Gasteiger partial charge in [0.15, 0.2) is 0 Å². The minimum Gasteiger partial charge on any atom is -0.465 e. The number of aromatic nitrogens is 1. The first-order valence-corrected chi connectivity index (χ1v) is 9.01. The van der Waals surface area contributed by atoms with Crippen molar-refractivity contribution in [1.82, 2.24) is 4.57 Å². The molecule has 0 saturated heterocycles. The van der Waals surface area contributed by atoms with Crippen LogP contribution in [0, 0.1) is 6.92 Å². The summed E-state index contributed by atoms with van der Waals surface area (Å²) in [6.45, 7) is 4.10. The predicted molar refractivity (Wildman–Crippen MR) is 104 cm³/mol. The van der Waals surface area contributed by atoms with Crippen LogP contribution in [0.4, 0.5) is 0 Å². The molecule has 0 atom stereocenters. The maximum absolute atomic E-state index is 12.2. The molecule has 0 bridgehead atoms. The second kappa shape index (κ2) is 7.28. The number of para-hydroxylation sites is 1. The van der Waals surface area contributed by atoms with Gasteiger partial charge in [-0.25, -0.2) is 4.79 Å². The molecule has 0 N–H and O–H groups in total. The van der Waals surface area contributed by atoms with Gasteiger partial charge in [0, 0.05) is 15.9 Å². The van der Waals surface area contributed by atoms with Gasteiger partial charge in [-0.05, 0) is 48.7 Å². The Balaban J connectivity index is 2.30. The lowest BCUT2D eigenvalue weighted by Crippen LogP contribution is -2.06. The van der Waals surface area contributed by atoms with E-state index < -0.39 is 0 Å². The van der Waals surface area contributed by atoms with Gasteiger partial charge in [-0.3, -0.25) is 0 Å². The fourth-order valence-electron chi connectivity index (χ4n) is 3.09. The fourth-order valence-corrected chi connectivity index (χ4v) is 3.36. The van der Waals surface area contributed by atoms with Crippen LogP contribution in [0.25, 0.3) is 16.9 Å². The third-order valence-corrected chi connectivity index (χ3v) is 4.93. The summed E-state index contributed by atoms with van der Waals surface area (Å²) in [5.74, 6) is -0.316. The van der Waals surface area contributed by atoms with Gasteiger partial charge in [0.25, 0.3) is 0 Å². The molecule has 0 unspecified atom stereocenters. The van der Waals surface area contributed by atoms with E-state index in [1.165, 1.54) is 12.7 Å². The van der Waals surface area contributed by atoms with E-state index in [0.29, 0.717) is 5.56 Å². The molecule has 0 aliphatic carbocycles. The Morgan fingerprint density at radius 2 is 1.80 bits per heavy atom. The van der Waals surface area contributed by atoms with Crippen LogP contribution >= 0.6 is 15.9 Å². The maximum atomic E-state index is 12.2. The van der Waals surface area contributed by atoms with Gasteiger partial charge >= 0.3 is 5.97 Å². The van der Waals surface area contributed by atoms with Crippen LogP contribution in [0.5, 0.6) is 0 Å². The molecule has 25 heavy (non-hydrogen) atoms. The molecule has 0 radical (unpaired) electrons. The first kappa shape index (κ1) is 17.5. The Labute approximate surface area is 156 Å². The molecule has 0 aliphatic heterocycles. The van der Waals surface area contributed by atoms with E-state index in [1.807, 2.05) is 49.4 Å². The molecule has 0 fully saturated rings. The van der Waals surface area contributed by atoms with Crippen LogP contribution in [0.15, 0.2) is 59.1 Å². The third kappa shape index (κ3) is 3.27. The summed E-state index contributed by atoms with van der Waals surface area (Å²) in [5.41, 5.74) is 5.82. The zero-order valence-corrected chi connectivity index (χ0v) is 16.1. The number of methoxy groups -OCH3 is 1. The molecule has 1 heterocycles. The lowest BCUT2D eigenvalue weighted by atomic mass is 10.1. The number of rotatable bonds is 4. The first-order chi connectivity index (χ1) is 12.1. The minimum atomic E-state index is -0.316. The standard InChI is InChI=1S/C21H20BrNO2/c1-4-15-7-5-6-8-19(15)23-14(2)18(21(24)25-3)13-20(23)16-9-11-17(22)12-10-16/h5-13H,4H2,1-3H3. The van der Waals surface area contributed by atoms with E-state index in [-0.39, 0.29) is 5.97 Å². The number of aryl methyl sites for hydroxylation is 1. The molecular weight excluding hydrogens is 378 g/mol. The number of esters is 1. The Kier molecular flexibility index (Phi) is 5.09. The van der Waals surface area contributed by atoms with Gasteiger partial charge in [-0.1, -0.05) is 53.2 Å². The molecule has 3 nitrogen and oxygen atoms in total. The van der Waals surface area contributed by atoms with Gasteiger partial charge in [-0.15, -0.1) is 0 Å². The Hall–Kier alpha value is -2.33. The number of carbonyl (C=O) groups is 1. The largest absolute Gasteiger partial charge is 0.465 e. The third-order valence-electron chi connectivity index (χ3n) is 4.41. The highest BCUT2D eigenvalue weighted by atomic mass is 79.9. The van der Waals surface area contributed by atoms with Gasteiger partial charge in [-0.2, -0.15) is 0 Å². The average Bonchev–Trinajstić information content (AvgIpc) is 2.98. The lowest BCUT2D eigenvalue weighted by molar-refractivity contribution is 0.0600. The van der Waals surface area contributed by atoms with Crippen LogP contribution in [0.3, 0.4) is 0 Å². The molecule has 1 aromatic heterocycles. The van der Waals surface area contributed by atoms with Gasteiger partial charge < -0.3 is 9.30 Å². The Morgan fingerprint density at radius 3 is 2.44 bits per heavy atom. The molecule has 4 heteroatoms. The molecular formula is C21H20BrNO2. The molecule has 3 aromatic rings. The van der Waals surface area contributed by atoms with Crippen molar-refractivity contribution in [3.8, 4) is 16.9 Å². The van der Waals surface area contributed by atoms with Gasteiger partial charge in [0.2, 0.25) is 0 Å². The number of ether oxygens (including phenoxy) is 1. The molecule has 128 valence electrons. The molecule has 0 aliphatic rings. The molecule has 3 rings (SSSR count). The summed E-state index contributed by atoms with van der Waals surface area (Å²) < 4.78 is 8.14. The summed E-state index contributed by atoms with van der Waals surface area (Å²) in [6, 6.07) is 18.3. The quantitative estimate of drug-likeness (QED) is 0.539.